The normalized spacial score (nSPS) is 16.0. The Balaban J connectivity index is 1.56. The van der Waals surface area contributed by atoms with Gasteiger partial charge in [-0.3, -0.25) is 0 Å². The molecule has 0 radical (unpaired) electrons. The van der Waals surface area contributed by atoms with E-state index in [2.05, 4.69) is 15.5 Å². The van der Waals surface area contributed by atoms with E-state index in [-0.39, 0.29) is 11.9 Å². The van der Waals surface area contributed by atoms with Gasteiger partial charge in [-0.2, -0.15) is 0 Å². The van der Waals surface area contributed by atoms with Crippen LogP contribution in [0.15, 0.2) is 27.4 Å². The van der Waals surface area contributed by atoms with Gasteiger partial charge < -0.3 is 19.1 Å². The number of likely N-dealkylation sites (tertiary alicyclic amines) is 1. The number of aromatic nitrogens is 2. The second kappa shape index (κ2) is 6.64. The molecule has 2 aromatic rings. The molecule has 3 rings (SSSR count). The minimum Gasteiger partial charge on any atom is -0.472 e. The highest BCUT2D eigenvalue weighted by Gasteiger charge is 2.27. The van der Waals surface area contributed by atoms with Crippen molar-refractivity contribution in [1.29, 1.82) is 0 Å². The van der Waals surface area contributed by atoms with Crippen molar-refractivity contribution in [3.8, 4) is 11.5 Å². The first-order valence-electron chi connectivity index (χ1n) is 7.66. The first-order chi connectivity index (χ1) is 10.8. The molecule has 0 atom stereocenters. The summed E-state index contributed by atoms with van der Waals surface area (Å²) in [4.78, 5) is 13.8. The van der Waals surface area contributed by atoms with Crippen molar-refractivity contribution in [3.05, 3.63) is 24.5 Å². The highest BCUT2D eigenvalue weighted by atomic mass is 16.4. The summed E-state index contributed by atoms with van der Waals surface area (Å²) in [5, 5.41) is 11.1. The van der Waals surface area contributed by atoms with E-state index in [1.165, 1.54) is 0 Å². The lowest BCUT2D eigenvalue weighted by molar-refractivity contribution is 0.177. The molecule has 3 heterocycles. The number of carbonyl (C=O) groups excluding carboxylic acids is 1. The Morgan fingerprint density at radius 1 is 1.41 bits per heavy atom. The minimum absolute atomic E-state index is 0.0184. The van der Waals surface area contributed by atoms with Gasteiger partial charge in [0.25, 0.3) is 5.89 Å². The lowest BCUT2D eigenvalue weighted by Crippen LogP contribution is -2.44. The van der Waals surface area contributed by atoms with Crippen LogP contribution in [0.3, 0.4) is 0 Å². The third-order valence-corrected chi connectivity index (χ3v) is 3.87. The molecule has 2 amide bonds. The van der Waals surface area contributed by atoms with E-state index in [1.54, 1.807) is 18.6 Å². The molecule has 7 heteroatoms. The molecular weight excluding hydrogens is 284 g/mol. The van der Waals surface area contributed by atoms with Crippen LogP contribution in [-0.4, -0.2) is 40.8 Å². The Bertz CT molecular complexity index is 600. The third kappa shape index (κ3) is 3.13. The minimum atomic E-state index is 0.0184. The molecule has 7 nitrogen and oxygen atoms in total. The second-order valence-corrected chi connectivity index (χ2v) is 5.45. The van der Waals surface area contributed by atoms with Gasteiger partial charge in [-0.05, 0) is 25.3 Å². The summed E-state index contributed by atoms with van der Waals surface area (Å²) < 4.78 is 10.7. The summed E-state index contributed by atoms with van der Waals surface area (Å²) >= 11 is 0. The summed E-state index contributed by atoms with van der Waals surface area (Å²) in [7, 11) is 0. The summed E-state index contributed by atoms with van der Waals surface area (Å²) in [6, 6.07) is 1.81. The van der Waals surface area contributed by atoms with E-state index in [0.29, 0.717) is 24.9 Å². The fourth-order valence-corrected chi connectivity index (χ4v) is 2.58. The largest absolute Gasteiger partial charge is 0.472 e. The fraction of sp³-hybridized carbons (Fsp3) is 0.533. The van der Waals surface area contributed by atoms with Crippen molar-refractivity contribution in [1.82, 2.24) is 20.4 Å². The molecule has 1 aliphatic heterocycles. The molecule has 2 aromatic heterocycles. The van der Waals surface area contributed by atoms with Gasteiger partial charge in [0.2, 0.25) is 5.89 Å². The van der Waals surface area contributed by atoms with Crippen molar-refractivity contribution in [2.45, 2.75) is 32.1 Å². The molecule has 1 N–H and O–H groups in total. The van der Waals surface area contributed by atoms with Gasteiger partial charge in [-0.25, -0.2) is 4.79 Å². The molecule has 1 aliphatic rings. The van der Waals surface area contributed by atoms with Gasteiger partial charge in [0.05, 0.1) is 11.8 Å². The van der Waals surface area contributed by atoms with Crippen LogP contribution in [0.4, 0.5) is 4.79 Å². The Labute approximate surface area is 128 Å². The van der Waals surface area contributed by atoms with Gasteiger partial charge in [-0.15, -0.1) is 10.2 Å². The predicted molar refractivity (Wildman–Crippen MR) is 79.2 cm³/mol. The zero-order valence-electron chi connectivity index (χ0n) is 12.6. The highest BCUT2D eigenvalue weighted by Crippen LogP contribution is 2.29. The molecular formula is C15H20N4O3. The van der Waals surface area contributed by atoms with Crippen molar-refractivity contribution in [2.24, 2.45) is 0 Å². The quantitative estimate of drug-likeness (QED) is 0.938. The Morgan fingerprint density at radius 3 is 2.91 bits per heavy atom. The van der Waals surface area contributed by atoms with E-state index >= 15 is 0 Å². The summed E-state index contributed by atoms with van der Waals surface area (Å²) in [6.07, 6.45) is 5.78. The Kier molecular flexibility index (Phi) is 4.41. The monoisotopic (exact) mass is 304 g/mol. The number of rotatable bonds is 4. The molecule has 0 unspecified atom stereocenters. The summed E-state index contributed by atoms with van der Waals surface area (Å²) in [5.41, 5.74) is 0.787. The van der Waals surface area contributed by atoms with E-state index in [4.69, 9.17) is 8.83 Å². The van der Waals surface area contributed by atoms with E-state index in [9.17, 15) is 4.79 Å². The number of amides is 2. The molecule has 1 fully saturated rings. The van der Waals surface area contributed by atoms with Crippen LogP contribution >= 0.6 is 0 Å². The Hall–Kier alpha value is -2.31. The molecule has 118 valence electrons. The fourth-order valence-electron chi connectivity index (χ4n) is 2.58. The lowest BCUT2D eigenvalue weighted by Gasteiger charge is -2.30. The standard InChI is InChI=1S/C15H20N4O3/c1-2-6-16-15(20)19-7-3-11(4-8-19)13-17-18-14(22-13)12-5-9-21-10-12/h5,9-11H,2-4,6-8H2,1H3,(H,16,20). The van der Waals surface area contributed by atoms with E-state index < -0.39 is 0 Å². The maximum absolute atomic E-state index is 11.9. The first-order valence-corrected chi connectivity index (χ1v) is 7.66. The van der Waals surface area contributed by atoms with E-state index in [0.717, 1.165) is 31.4 Å². The van der Waals surface area contributed by atoms with Crippen molar-refractivity contribution in [2.75, 3.05) is 19.6 Å². The zero-order chi connectivity index (χ0) is 15.4. The van der Waals surface area contributed by atoms with Crippen molar-refractivity contribution < 1.29 is 13.6 Å². The summed E-state index contributed by atoms with van der Waals surface area (Å²) in [5.74, 6) is 1.33. The van der Waals surface area contributed by atoms with Crippen LogP contribution in [-0.2, 0) is 0 Å². The number of nitrogens with zero attached hydrogens (tertiary/aromatic N) is 3. The molecule has 0 aliphatic carbocycles. The van der Waals surface area contributed by atoms with Crippen LogP contribution in [0.1, 0.15) is 38.0 Å². The maximum atomic E-state index is 11.9. The first kappa shape index (κ1) is 14.6. The molecule has 0 saturated carbocycles. The van der Waals surface area contributed by atoms with Crippen molar-refractivity contribution in [3.63, 3.8) is 0 Å². The Morgan fingerprint density at radius 2 is 2.23 bits per heavy atom. The van der Waals surface area contributed by atoms with Crippen LogP contribution in [0.25, 0.3) is 11.5 Å². The molecule has 0 aromatic carbocycles. The third-order valence-electron chi connectivity index (χ3n) is 3.87. The van der Waals surface area contributed by atoms with Gasteiger partial charge in [-0.1, -0.05) is 6.92 Å². The smallest absolute Gasteiger partial charge is 0.317 e. The average Bonchev–Trinajstić information content (AvgIpc) is 3.23. The van der Waals surface area contributed by atoms with Gasteiger partial charge in [0.15, 0.2) is 0 Å². The van der Waals surface area contributed by atoms with Crippen LogP contribution < -0.4 is 5.32 Å². The van der Waals surface area contributed by atoms with Gasteiger partial charge >= 0.3 is 6.03 Å². The molecule has 0 spiro atoms. The van der Waals surface area contributed by atoms with Crippen LogP contribution in [0, 0.1) is 0 Å². The lowest BCUT2D eigenvalue weighted by atomic mass is 9.97. The SMILES string of the molecule is CCCNC(=O)N1CCC(c2nnc(-c3ccoc3)o2)CC1. The van der Waals surface area contributed by atoms with Crippen LogP contribution in [0.2, 0.25) is 0 Å². The van der Waals surface area contributed by atoms with Gasteiger partial charge in [0.1, 0.15) is 6.26 Å². The second-order valence-electron chi connectivity index (χ2n) is 5.45. The highest BCUT2D eigenvalue weighted by molar-refractivity contribution is 5.74. The van der Waals surface area contributed by atoms with Crippen molar-refractivity contribution >= 4 is 6.03 Å². The molecule has 1 saturated heterocycles. The van der Waals surface area contributed by atoms with E-state index in [1.807, 2.05) is 11.8 Å². The molecule has 0 bridgehead atoms. The zero-order valence-corrected chi connectivity index (χ0v) is 12.6. The number of furan rings is 1. The predicted octanol–water partition coefficient (Wildman–Crippen LogP) is 2.63. The molecule has 22 heavy (non-hydrogen) atoms. The number of hydrogen-bond acceptors (Lipinski definition) is 5. The van der Waals surface area contributed by atoms with Gasteiger partial charge in [0, 0.05) is 25.6 Å². The topological polar surface area (TPSA) is 84.4 Å². The number of urea groups is 1. The number of piperidine rings is 1. The summed E-state index contributed by atoms with van der Waals surface area (Å²) in [6.45, 7) is 4.18. The number of nitrogens with one attached hydrogen (secondary N) is 1. The average molecular weight is 304 g/mol. The number of hydrogen-bond donors (Lipinski definition) is 1. The maximum Gasteiger partial charge on any atom is 0.317 e. The van der Waals surface area contributed by atoms with Crippen LogP contribution in [0.5, 0.6) is 0 Å². The number of carbonyl (C=O) groups is 1.